The predicted molar refractivity (Wildman–Crippen MR) is 97.5 cm³/mol. The number of hydrogen-bond donors (Lipinski definition) is 0. The molecule has 0 fully saturated rings. The van der Waals surface area contributed by atoms with Crippen LogP contribution in [-0.4, -0.2) is 4.98 Å². The van der Waals surface area contributed by atoms with Gasteiger partial charge in [-0.1, -0.05) is 54.6 Å². The van der Waals surface area contributed by atoms with Gasteiger partial charge in [-0.3, -0.25) is 4.98 Å². The molecule has 1 nitrogen and oxygen atoms in total. The van der Waals surface area contributed by atoms with E-state index in [2.05, 4.69) is 70.0 Å². The van der Waals surface area contributed by atoms with E-state index in [-0.39, 0.29) is 0 Å². The average Bonchev–Trinajstić information content (AvgIpc) is 2.56. The first-order valence-corrected chi connectivity index (χ1v) is 7.92. The van der Waals surface area contributed by atoms with E-state index in [1.54, 1.807) is 0 Å². The number of rotatable bonds is 3. The van der Waals surface area contributed by atoms with Gasteiger partial charge in [0.05, 0.1) is 5.69 Å². The molecule has 0 saturated carbocycles. The molecular weight excluding hydrogens is 334 g/mol. The molecule has 2 heteroatoms. The molecule has 3 aromatic rings. The molecule has 108 valence electrons. The van der Waals surface area contributed by atoms with E-state index in [1.165, 1.54) is 16.7 Å². The van der Waals surface area contributed by atoms with Gasteiger partial charge < -0.3 is 0 Å². The second kappa shape index (κ2) is 6.29. The molecule has 0 amide bonds. The zero-order valence-corrected chi connectivity index (χ0v) is 14.0. The van der Waals surface area contributed by atoms with Gasteiger partial charge >= 0.3 is 0 Å². The highest BCUT2D eigenvalue weighted by Gasteiger charge is 2.09. The molecule has 0 atom stereocenters. The summed E-state index contributed by atoms with van der Waals surface area (Å²) in [6.07, 6.45) is 1.82. The molecule has 0 aliphatic heterocycles. The monoisotopic (exact) mass is 349 g/mol. The molecule has 0 N–H and O–H groups in total. The molecule has 0 spiro atoms. The van der Waals surface area contributed by atoms with Crippen LogP contribution in [0.3, 0.4) is 0 Å². The molecular formula is C20H16BrN. The SMILES string of the molecule is C=C(C)c1ccc(-c2ccc(Br)cn2)cc1-c1ccccc1. The van der Waals surface area contributed by atoms with Crippen molar-refractivity contribution in [3.05, 3.63) is 83.5 Å². The van der Waals surface area contributed by atoms with E-state index in [9.17, 15) is 0 Å². The quantitative estimate of drug-likeness (QED) is 0.547. The van der Waals surface area contributed by atoms with Crippen molar-refractivity contribution >= 4 is 21.5 Å². The minimum atomic E-state index is 0.966. The van der Waals surface area contributed by atoms with Crippen LogP contribution in [0, 0.1) is 0 Å². The Morgan fingerprint density at radius 1 is 0.955 bits per heavy atom. The lowest BCUT2D eigenvalue weighted by atomic mass is 9.93. The lowest BCUT2D eigenvalue weighted by Gasteiger charge is -2.12. The van der Waals surface area contributed by atoms with Crippen LogP contribution in [0.5, 0.6) is 0 Å². The van der Waals surface area contributed by atoms with E-state index >= 15 is 0 Å². The van der Waals surface area contributed by atoms with E-state index in [0.717, 1.165) is 21.3 Å². The molecule has 2 aromatic carbocycles. The summed E-state index contributed by atoms with van der Waals surface area (Å²) in [4.78, 5) is 4.49. The van der Waals surface area contributed by atoms with E-state index < -0.39 is 0 Å². The Morgan fingerprint density at radius 3 is 2.36 bits per heavy atom. The standard InChI is InChI=1S/C20H16BrN/c1-14(2)18-10-8-16(20-11-9-17(21)13-22-20)12-19(18)15-6-4-3-5-7-15/h3-13H,1H2,2H3. The number of nitrogens with zero attached hydrogens (tertiary/aromatic N) is 1. The van der Waals surface area contributed by atoms with Gasteiger partial charge in [-0.05, 0) is 57.7 Å². The second-order valence-corrected chi connectivity index (χ2v) is 6.18. The van der Waals surface area contributed by atoms with Gasteiger partial charge in [0.15, 0.2) is 0 Å². The van der Waals surface area contributed by atoms with Crippen molar-refractivity contribution in [3.63, 3.8) is 0 Å². The van der Waals surface area contributed by atoms with Gasteiger partial charge in [-0.25, -0.2) is 0 Å². The van der Waals surface area contributed by atoms with Gasteiger partial charge in [0.25, 0.3) is 0 Å². The zero-order chi connectivity index (χ0) is 15.5. The maximum atomic E-state index is 4.49. The highest BCUT2D eigenvalue weighted by atomic mass is 79.9. The lowest BCUT2D eigenvalue weighted by Crippen LogP contribution is -1.90. The van der Waals surface area contributed by atoms with Crippen molar-refractivity contribution in [1.82, 2.24) is 4.98 Å². The van der Waals surface area contributed by atoms with Crippen LogP contribution < -0.4 is 0 Å². The molecule has 0 saturated heterocycles. The third kappa shape index (κ3) is 3.02. The maximum Gasteiger partial charge on any atom is 0.0703 e. The van der Waals surface area contributed by atoms with Crippen LogP contribution in [0.1, 0.15) is 12.5 Å². The summed E-state index contributed by atoms with van der Waals surface area (Å²) in [6, 6.07) is 20.9. The van der Waals surface area contributed by atoms with Gasteiger partial charge in [0.1, 0.15) is 0 Å². The Kier molecular flexibility index (Phi) is 4.21. The fourth-order valence-corrected chi connectivity index (χ4v) is 2.71. The van der Waals surface area contributed by atoms with Crippen LogP contribution in [0.15, 0.2) is 77.9 Å². The fourth-order valence-electron chi connectivity index (χ4n) is 2.48. The van der Waals surface area contributed by atoms with Crippen LogP contribution >= 0.6 is 15.9 Å². The normalized spacial score (nSPS) is 10.5. The van der Waals surface area contributed by atoms with E-state index in [0.29, 0.717) is 0 Å². The van der Waals surface area contributed by atoms with Crippen LogP contribution in [0.25, 0.3) is 28.0 Å². The average molecular weight is 350 g/mol. The second-order valence-electron chi connectivity index (χ2n) is 5.27. The third-order valence-electron chi connectivity index (χ3n) is 3.59. The Balaban J connectivity index is 2.16. The molecule has 0 aliphatic carbocycles. The molecule has 0 unspecified atom stereocenters. The number of allylic oxidation sites excluding steroid dienone is 1. The Labute approximate surface area is 139 Å². The predicted octanol–water partition coefficient (Wildman–Crippen LogP) is 6.21. The smallest absolute Gasteiger partial charge is 0.0703 e. The van der Waals surface area contributed by atoms with E-state index in [4.69, 9.17) is 0 Å². The minimum absolute atomic E-state index is 0.966. The van der Waals surface area contributed by atoms with Crippen molar-refractivity contribution in [1.29, 1.82) is 0 Å². The lowest BCUT2D eigenvalue weighted by molar-refractivity contribution is 1.31. The van der Waals surface area contributed by atoms with Gasteiger partial charge in [-0.2, -0.15) is 0 Å². The molecule has 1 aromatic heterocycles. The summed E-state index contributed by atoms with van der Waals surface area (Å²) in [5.74, 6) is 0. The van der Waals surface area contributed by atoms with Gasteiger partial charge in [0, 0.05) is 16.2 Å². The van der Waals surface area contributed by atoms with Gasteiger partial charge in [0.2, 0.25) is 0 Å². The highest BCUT2D eigenvalue weighted by Crippen LogP contribution is 2.32. The number of pyridine rings is 1. The van der Waals surface area contributed by atoms with Crippen molar-refractivity contribution < 1.29 is 0 Å². The van der Waals surface area contributed by atoms with Gasteiger partial charge in [-0.15, -0.1) is 0 Å². The Bertz CT molecular complexity index is 805. The van der Waals surface area contributed by atoms with Crippen LogP contribution in [0.4, 0.5) is 0 Å². The van der Waals surface area contributed by atoms with Crippen molar-refractivity contribution in [2.75, 3.05) is 0 Å². The van der Waals surface area contributed by atoms with Crippen LogP contribution in [0.2, 0.25) is 0 Å². The summed E-state index contributed by atoms with van der Waals surface area (Å²) < 4.78 is 0.984. The molecule has 0 bridgehead atoms. The summed E-state index contributed by atoms with van der Waals surface area (Å²) in [6.45, 7) is 6.14. The van der Waals surface area contributed by atoms with Crippen molar-refractivity contribution in [3.8, 4) is 22.4 Å². The maximum absolute atomic E-state index is 4.49. The third-order valence-corrected chi connectivity index (χ3v) is 4.06. The highest BCUT2D eigenvalue weighted by molar-refractivity contribution is 9.10. The largest absolute Gasteiger partial charge is 0.255 e. The number of hydrogen-bond acceptors (Lipinski definition) is 1. The number of benzene rings is 2. The summed E-state index contributed by atoms with van der Waals surface area (Å²) in [5, 5.41) is 0. The fraction of sp³-hybridized carbons (Fsp3) is 0.0500. The molecule has 3 rings (SSSR count). The Hall–Kier alpha value is -2.19. The summed E-state index contributed by atoms with van der Waals surface area (Å²) in [5.41, 5.74) is 6.70. The first kappa shape index (κ1) is 14.7. The Morgan fingerprint density at radius 2 is 1.73 bits per heavy atom. The summed E-state index contributed by atoms with van der Waals surface area (Å²) >= 11 is 3.43. The molecule has 1 heterocycles. The topological polar surface area (TPSA) is 12.9 Å². The zero-order valence-electron chi connectivity index (χ0n) is 12.4. The first-order chi connectivity index (χ1) is 10.6. The molecule has 0 radical (unpaired) electrons. The van der Waals surface area contributed by atoms with E-state index in [1.807, 2.05) is 31.3 Å². The summed E-state index contributed by atoms with van der Waals surface area (Å²) in [7, 11) is 0. The van der Waals surface area contributed by atoms with Crippen LogP contribution in [-0.2, 0) is 0 Å². The van der Waals surface area contributed by atoms with Crippen molar-refractivity contribution in [2.24, 2.45) is 0 Å². The van der Waals surface area contributed by atoms with Crippen molar-refractivity contribution in [2.45, 2.75) is 6.92 Å². The number of halogens is 1. The molecule has 0 aliphatic rings. The molecule has 22 heavy (non-hydrogen) atoms. The minimum Gasteiger partial charge on any atom is -0.255 e. The number of aromatic nitrogens is 1. The first-order valence-electron chi connectivity index (χ1n) is 7.12.